The predicted molar refractivity (Wildman–Crippen MR) is 99.1 cm³/mol. The summed E-state index contributed by atoms with van der Waals surface area (Å²) < 4.78 is 38.7. The van der Waals surface area contributed by atoms with Crippen molar-refractivity contribution in [2.75, 3.05) is 6.54 Å². The first-order valence-corrected chi connectivity index (χ1v) is 9.64. The Kier molecular flexibility index (Phi) is 6.97. The maximum Gasteiger partial charge on any atom is 0.419 e. The Bertz CT molecular complexity index is 742. The number of phenolic OH excluding ortho intramolecular Hbond substituents is 1. The number of alkyl halides is 3. The SMILES string of the molecule is CCC(CC)CCCN1C(=O)SC(=Cc2ccc(O)c(C(F)(F)F)c2)C1=O. The molecule has 0 aromatic heterocycles. The minimum Gasteiger partial charge on any atom is -0.507 e. The Hall–Kier alpha value is -1.96. The van der Waals surface area contributed by atoms with Crippen LogP contribution in [0.4, 0.5) is 18.0 Å². The molecule has 1 aliphatic rings. The van der Waals surface area contributed by atoms with Gasteiger partial charge in [0.1, 0.15) is 5.75 Å². The third-order valence-corrected chi connectivity index (χ3v) is 5.55. The largest absolute Gasteiger partial charge is 0.507 e. The molecule has 8 heteroatoms. The van der Waals surface area contributed by atoms with Crippen LogP contribution in [-0.2, 0) is 11.0 Å². The van der Waals surface area contributed by atoms with Crippen LogP contribution < -0.4 is 0 Å². The van der Waals surface area contributed by atoms with Crippen molar-refractivity contribution in [3.05, 3.63) is 34.2 Å². The van der Waals surface area contributed by atoms with Gasteiger partial charge < -0.3 is 5.11 Å². The average molecular weight is 401 g/mol. The van der Waals surface area contributed by atoms with E-state index in [-0.39, 0.29) is 10.5 Å². The molecule has 2 rings (SSSR count). The van der Waals surface area contributed by atoms with E-state index in [1.165, 1.54) is 12.1 Å². The zero-order valence-electron chi connectivity index (χ0n) is 15.2. The second-order valence-electron chi connectivity index (χ2n) is 6.43. The molecule has 2 amide bonds. The normalized spacial score (nSPS) is 16.8. The first kappa shape index (κ1) is 21.3. The number of thioether (sulfide) groups is 1. The molecular weight excluding hydrogens is 379 g/mol. The Morgan fingerprint density at radius 3 is 2.48 bits per heavy atom. The molecule has 0 saturated carbocycles. The van der Waals surface area contributed by atoms with Gasteiger partial charge in [0, 0.05) is 6.54 Å². The van der Waals surface area contributed by atoms with Crippen LogP contribution in [0.5, 0.6) is 5.75 Å². The standard InChI is InChI=1S/C19H22F3NO3S/c1-3-12(4-2)6-5-9-23-17(25)16(27-18(23)26)11-13-7-8-15(24)14(10-13)19(20,21)22/h7-8,10-12,24H,3-6,9H2,1-2H3. The van der Waals surface area contributed by atoms with Gasteiger partial charge in [0.15, 0.2) is 0 Å². The fourth-order valence-electron chi connectivity index (χ4n) is 2.95. The van der Waals surface area contributed by atoms with Gasteiger partial charge in [0.05, 0.1) is 10.5 Å². The van der Waals surface area contributed by atoms with Crippen LogP contribution in [0, 0.1) is 5.92 Å². The van der Waals surface area contributed by atoms with Crippen molar-refractivity contribution in [1.82, 2.24) is 4.90 Å². The number of amides is 2. The van der Waals surface area contributed by atoms with Gasteiger partial charge in [0.25, 0.3) is 11.1 Å². The first-order chi connectivity index (χ1) is 12.7. The van der Waals surface area contributed by atoms with Crippen LogP contribution in [0.2, 0.25) is 0 Å². The minimum absolute atomic E-state index is 0.0846. The van der Waals surface area contributed by atoms with E-state index in [1.807, 2.05) is 0 Å². The van der Waals surface area contributed by atoms with E-state index in [0.29, 0.717) is 18.9 Å². The number of carbonyl (C=O) groups excluding carboxylic acids is 2. The number of carbonyl (C=O) groups is 2. The number of nitrogens with zero attached hydrogens (tertiary/aromatic N) is 1. The average Bonchev–Trinajstić information content (AvgIpc) is 2.86. The summed E-state index contributed by atoms with van der Waals surface area (Å²) in [6.45, 7) is 4.51. The van der Waals surface area contributed by atoms with E-state index in [4.69, 9.17) is 0 Å². The maximum absolute atomic E-state index is 12.9. The van der Waals surface area contributed by atoms with E-state index in [1.54, 1.807) is 0 Å². The van der Waals surface area contributed by atoms with Gasteiger partial charge in [0.2, 0.25) is 0 Å². The predicted octanol–water partition coefficient (Wildman–Crippen LogP) is 5.66. The fourth-order valence-corrected chi connectivity index (χ4v) is 3.81. The number of hydrogen-bond donors (Lipinski definition) is 1. The number of hydrogen-bond acceptors (Lipinski definition) is 4. The van der Waals surface area contributed by atoms with E-state index in [2.05, 4.69) is 13.8 Å². The lowest BCUT2D eigenvalue weighted by Gasteiger charge is -2.15. The second-order valence-corrected chi connectivity index (χ2v) is 7.43. The van der Waals surface area contributed by atoms with E-state index in [9.17, 15) is 27.9 Å². The van der Waals surface area contributed by atoms with Gasteiger partial charge in [-0.2, -0.15) is 13.2 Å². The molecule has 4 nitrogen and oxygen atoms in total. The zero-order chi connectivity index (χ0) is 20.2. The van der Waals surface area contributed by atoms with Crippen molar-refractivity contribution in [1.29, 1.82) is 0 Å². The Morgan fingerprint density at radius 2 is 1.89 bits per heavy atom. The molecule has 0 aliphatic carbocycles. The van der Waals surface area contributed by atoms with Crippen molar-refractivity contribution < 1.29 is 27.9 Å². The van der Waals surface area contributed by atoms with Crippen LogP contribution in [0.1, 0.15) is 50.7 Å². The number of benzene rings is 1. The zero-order valence-corrected chi connectivity index (χ0v) is 16.0. The highest BCUT2D eigenvalue weighted by Gasteiger charge is 2.36. The molecule has 0 atom stereocenters. The molecule has 0 spiro atoms. The van der Waals surface area contributed by atoms with Gasteiger partial charge in [-0.1, -0.05) is 32.8 Å². The summed E-state index contributed by atoms with van der Waals surface area (Å²) in [5, 5.41) is 8.96. The maximum atomic E-state index is 12.9. The summed E-state index contributed by atoms with van der Waals surface area (Å²) >= 11 is 0.719. The molecule has 1 fully saturated rings. The molecule has 27 heavy (non-hydrogen) atoms. The van der Waals surface area contributed by atoms with Crippen LogP contribution >= 0.6 is 11.8 Å². The number of aromatic hydroxyl groups is 1. The van der Waals surface area contributed by atoms with E-state index < -0.39 is 28.6 Å². The molecular formula is C19H22F3NO3S. The fraction of sp³-hybridized carbons (Fsp3) is 0.474. The molecule has 0 radical (unpaired) electrons. The highest BCUT2D eigenvalue weighted by Crippen LogP contribution is 2.38. The molecule has 1 N–H and O–H groups in total. The molecule has 1 heterocycles. The number of imide groups is 1. The molecule has 148 valence electrons. The molecule has 1 aliphatic heterocycles. The lowest BCUT2D eigenvalue weighted by molar-refractivity contribution is -0.138. The van der Waals surface area contributed by atoms with Crippen molar-refractivity contribution in [3.8, 4) is 5.75 Å². The van der Waals surface area contributed by atoms with Crippen molar-refractivity contribution >= 4 is 29.0 Å². The molecule has 1 saturated heterocycles. The lowest BCUT2D eigenvalue weighted by Crippen LogP contribution is -2.29. The monoisotopic (exact) mass is 401 g/mol. The summed E-state index contributed by atoms with van der Waals surface area (Å²) in [6.07, 6.45) is 0.250. The van der Waals surface area contributed by atoms with Crippen molar-refractivity contribution in [2.24, 2.45) is 5.92 Å². The summed E-state index contributed by atoms with van der Waals surface area (Å²) in [6, 6.07) is 2.95. The number of phenols is 1. The van der Waals surface area contributed by atoms with Gasteiger partial charge in [-0.15, -0.1) is 0 Å². The molecule has 0 unspecified atom stereocenters. The molecule has 1 aromatic rings. The van der Waals surface area contributed by atoms with Gasteiger partial charge in [-0.25, -0.2) is 0 Å². The van der Waals surface area contributed by atoms with Crippen LogP contribution in [0.25, 0.3) is 6.08 Å². The topological polar surface area (TPSA) is 57.6 Å². The van der Waals surface area contributed by atoms with Crippen molar-refractivity contribution in [2.45, 2.75) is 45.7 Å². The minimum atomic E-state index is -4.71. The highest BCUT2D eigenvalue weighted by molar-refractivity contribution is 8.18. The smallest absolute Gasteiger partial charge is 0.419 e. The highest BCUT2D eigenvalue weighted by atomic mass is 32.2. The Balaban J connectivity index is 2.12. The lowest BCUT2D eigenvalue weighted by atomic mass is 9.97. The Morgan fingerprint density at radius 1 is 1.22 bits per heavy atom. The van der Waals surface area contributed by atoms with Crippen molar-refractivity contribution in [3.63, 3.8) is 0 Å². The first-order valence-electron chi connectivity index (χ1n) is 8.82. The Labute approximate surface area is 160 Å². The quantitative estimate of drug-likeness (QED) is 0.599. The number of halogens is 3. The van der Waals surface area contributed by atoms with E-state index >= 15 is 0 Å². The summed E-state index contributed by atoms with van der Waals surface area (Å²) in [5.74, 6) is -0.816. The van der Waals surface area contributed by atoms with Crippen LogP contribution in [0.3, 0.4) is 0 Å². The summed E-state index contributed by atoms with van der Waals surface area (Å²) in [5.41, 5.74) is -1.08. The van der Waals surface area contributed by atoms with Gasteiger partial charge in [-0.3, -0.25) is 14.5 Å². The van der Waals surface area contributed by atoms with Gasteiger partial charge >= 0.3 is 6.18 Å². The third kappa shape index (κ3) is 5.28. The van der Waals surface area contributed by atoms with Crippen LogP contribution in [0.15, 0.2) is 23.1 Å². The summed E-state index contributed by atoms with van der Waals surface area (Å²) in [7, 11) is 0. The summed E-state index contributed by atoms with van der Waals surface area (Å²) in [4.78, 5) is 25.7. The molecule has 1 aromatic carbocycles. The molecule has 0 bridgehead atoms. The van der Waals surface area contributed by atoms with E-state index in [0.717, 1.165) is 48.1 Å². The number of rotatable bonds is 7. The second kappa shape index (κ2) is 8.82. The third-order valence-electron chi connectivity index (χ3n) is 4.65. The van der Waals surface area contributed by atoms with Crippen LogP contribution in [-0.4, -0.2) is 27.7 Å². The van der Waals surface area contributed by atoms with Gasteiger partial charge in [-0.05, 0) is 54.3 Å².